The average Bonchev–Trinajstić information content (AvgIpc) is 2.88. The third kappa shape index (κ3) is 1.20. The molecule has 3 aliphatic rings. The van der Waals surface area contributed by atoms with Gasteiger partial charge in [-0.05, 0) is 35.9 Å². The number of rotatable bonds is 0. The van der Waals surface area contributed by atoms with E-state index in [9.17, 15) is 0 Å². The molecule has 1 aromatic rings. The first-order valence-electron chi connectivity index (χ1n) is 6.31. The van der Waals surface area contributed by atoms with E-state index in [1.54, 1.807) is 16.2 Å². The fraction of sp³-hybridized carbons (Fsp3) is 0.500. The minimum absolute atomic E-state index is 0.805. The van der Waals surface area contributed by atoms with Gasteiger partial charge in [-0.1, -0.05) is 0 Å². The minimum Gasteiger partial charge on any atom is -0.233 e. The van der Waals surface area contributed by atoms with Crippen LogP contribution in [0.4, 0.5) is 0 Å². The van der Waals surface area contributed by atoms with Crippen LogP contribution in [0.15, 0.2) is 17.0 Å². The molecule has 0 bridgehead atoms. The van der Waals surface area contributed by atoms with Crippen molar-refractivity contribution >= 4 is 23.1 Å². The summed E-state index contributed by atoms with van der Waals surface area (Å²) in [5, 5.41) is 2.24. The predicted octanol–water partition coefficient (Wildman–Crippen LogP) is 2.95. The van der Waals surface area contributed by atoms with Gasteiger partial charge in [-0.2, -0.15) is 0 Å². The second kappa shape index (κ2) is 3.30. The summed E-state index contributed by atoms with van der Waals surface area (Å²) in [4.78, 5) is 1.61. The van der Waals surface area contributed by atoms with Crippen molar-refractivity contribution in [2.75, 3.05) is 13.1 Å². The zero-order valence-electron chi connectivity index (χ0n) is 9.41. The van der Waals surface area contributed by atoms with Gasteiger partial charge in [0.1, 0.15) is 6.54 Å². The Labute approximate surface area is 100 Å². The Kier molecular flexibility index (Phi) is 1.89. The number of thiophene rings is 1. The van der Waals surface area contributed by atoms with Gasteiger partial charge in [0.15, 0.2) is 12.3 Å². The highest BCUT2D eigenvalue weighted by Crippen LogP contribution is 2.37. The lowest BCUT2D eigenvalue weighted by Gasteiger charge is -2.14. The summed E-state index contributed by atoms with van der Waals surface area (Å²) in [6.45, 7) is 2.59. The van der Waals surface area contributed by atoms with Crippen LogP contribution in [0.2, 0.25) is 0 Å². The number of fused-ring (bicyclic) bond motifs is 3. The molecule has 0 saturated carbocycles. The van der Waals surface area contributed by atoms with Crippen LogP contribution in [0.3, 0.4) is 0 Å². The molecule has 16 heavy (non-hydrogen) atoms. The van der Waals surface area contributed by atoms with Crippen LogP contribution in [0.5, 0.6) is 0 Å². The summed E-state index contributed by atoms with van der Waals surface area (Å²) < 4.78 is 2.65. The normalized spacial score (nSPS) is 27.2. The van der Waals surface area contributed by atoms with E-state index in [0.29, 0.717) is 0 Å². The van der Waals surface area contributed by atoms with Crippen LogP contribution in [-0.4, -0.2) is 23.4 Å². The fourth-order valence-corrected chi connectivity index (χ4v) is 4.37. The molecule has 0 aromatic carbocycles. The number of hydrogen-bond donors (Lipinski definition) is 0. The van der Waals surface area contributed by atoms with Crippen LogP contribution >= 0.6 is 11.3 Å². The van der Waals surface area contributed by atoms with Crippen LogP contribution in [0, 0.1) is 5.92 Å². The summed E-state index contributed by atoms with van der Waals surface area (Å²) in [6.07, 6.45) is 7.87. The first-order chi connectivity index (χ1) is 7.92. The highest BCUT2D eigenvalue weighted by molar-refractivity contribution is 7.10. The molecule has 0 saturated heterocycles. The molecular weight excluding hydrogens is 214 g/mol. The lowest BCUT2D eigenvalue weighted by atomic mass is 9.86. The van der Waals surface area contributed by atoms with E-state index < -0.39 is 0 Å². The molecular formula is C14H16NS+. The maximum Gasteiger partial charge on any atom is 0.179 e. The molecule has 4 rings (SSSR count). The molecule has 82 valence electrons. The van der Waals surface area contributed by atoms with Crippen LogP contribution in [0.1, 0.15) is 29.7 Å². The van der Waals surface area contributed by atoms with E-state index >= 15 is 0 Å². The Morgan fingerprint density at radius 1 is 1.31 bits per heavy atom. The molecule has 2 aliphatic heterocycles. The Bertz CT molecular complexity index is 507. The standard InChI is InChI=1S/C14H16NS/c1-2-5-15-9-11-8-14-10(4-6-16-14)7-12(11)13(15)3-1/h4,6-7,11H,1-3,5,8-9H2/q+1. The molecule has 0 fully saturated rings. The van der Waals surface area contributed by atoms with Crippen LogP contribution < -0.4 is 0 Å². The van der Waals surface area contributed by atoms with Gasteiger partial charge in [-0.3, -0.25) is 0 Å². The molecule has 0 radical (unpaired) electrons. The van der Waals surface area contributed by atoms with Gasteiger partial charge in [0, 0.05) is 23.3 Å². The largest absolute Gasteiger partial charge is 0.233 e. The van der Waals surface area contributed by atoms with E-state index in [1.807, 2.05) is 11.3 Å². The van der Waals surface area contributed by atoms with Gasteiger partial charge in [0.2, 0.25) is 0 Å². The van der Waals surface area contributed by atoms with Gasteiger partial charge in [-0.25, -0.2) is 4.58 Å². The molecule has 0 N–H and O–H groups in total. The van der Waals surface area contributed by atoms with Crippen LogP contribution in [0.25, 0.3) is 6.08 Å². The van der Waals surface area contributed by atoms with Crippen molar-refractivity contribution in [2.24, 2.45) is 5.92 Å². The summed E-state index contributed by atoms with van der Waals surface area (Å²) in [5.74, 6) is 0.805. The van der Waals surface area contributed by atoms with Gasteiger partial charge in [-0.15, -0.1) is 11.3 Å². The molecule has 1 nitrogen and oxygen atoms in total. The van der Waals surface area contributed by atoms with Crippen molar-refractivity contribution in [2.45, 2.75) is 25.7 Å². The summed E-state index contributed by atoms with van der Waals surface area (Å²) in [7, 11) is 0. The van der Waals surface area contributed by atoms with Gasteiger partial charge in [0.25, 0.3) is 0 Å². The predicted molar refractivity (Wildman–Crippen MR) is 68.3 cm³/mol. The van der Waals surface area contributed by atoms with Gasteiger partial charge >= 0.3 is 0 Å². The van der Waals surface area contributed by atoms with Crippen LogP contribution in [-0.2, 0) is 6.42 Å². The third-order valence-electron chi connectivity index (χ3n) is 4.21. The van der Waals surface area contributed by atoms with Gasteiger partial charge in [0.05, 0.1) is 5.92 Å². The van der Waals surface area contributed by atoms with Crippen molar-refractivity contribution in [3.63, 3.8) is 0 Å². The lowest BCUT2D eigenvalue weighted by Crippen LogP contribution is -2.21. The molecule has 3 heterocycles. The Balaban J connectivity index is 1.82. The van der Waals surface area contributed by atoms with Crippen molar-refractivity contribution in [3.8, 4) is 0 Å². The topological polar surface area (TPSA) is 3.01 Å². The highest BCUT2D eigenvalue weighted by atomic mass is 32.1. The van der Waals surface area contributed by atoms with Gasteiger partial charge < -0.3 is 0 Å². The summed E-state index contributed by atoms with van der Waals surface area (Å²) >= 11 is 1.94. The monoisotopic (exact) mass is 230 g/mol. The SMILES string of the molecule is C1=C2C3=[N+](CCCC3)CC2Cc2sccc21. The van der Waals surface area contributed by atoms with Crippen molar-refractivity contribution < 1.29 is 4.58 Å². The Morgan fingerprint density at radius 3 is 3.31 bits per heavy atom. The fourth-order valence-electron chi connectivity index (χ4n) is 3.43. The first-order valence-corrected chi connectivity index (χ1v) is 7.19. The summed E-state index contributed by atoms with van der Waals surface area (Å²) in [6, 6.07) is 2.29. The lowest BCUT2D eigenvalue weighted by molar-refractivity contribution is -0.529. The maximum absolute atomic E-state index is 2.65. The molecule has 1 atom stereocenters. The van der Waals surface area contributed by atoms with Crippen molar-refractivity contribution in [1.29, 1.82) is 0 Å². The summed E-state index contributed by atoms with van der Waals surface area (Å²) in [5.41, 5.74) is 4.84. The van der Waals surface area contributed by atoms with E-state index in [1.165, 1.54) is 44.3 Å². The highest BCUT2D eigenvalue weighted by Gasteiger charge is 2.39. The first kappa shape index (κ1) is 9.17. The van der Waals surface area contributed by atoms with Crippen molar-refractivity contribution in [1.82, 2.24) is 0 Å². The Morgan fingerprint density at radius 2 is 2.31 bits per heavy atom. The van der Waals surface area contributed by atoms with E-state index in [4.69, 9.17) is 0 Å². The molecule has 1 unspecified atom stereocenters. The Hall–Kier alpha value is -0.890. The molecule has 0 amide bonds. The number of nitrogens with zero attached hydrogens (tertiary/aromatic N) is 1. The molecule has 1 aromatic heterocycles. The molecule has 0 spiro atoms. The van der Waals surface area contributed by atoms with Crippen molar-refractivity contribution in [3.05, 3.63) is 27.5 Å². The smallest absolute Gasteiger partial charge is 0.179 e. The zero-order chi connectivity index (χ0) is 10.5. The van der Waals surface area contributed by atoms with E-state index in [2.05, 4.69) is 22.1 Å². The third-order valence-corrected chi connectivity index (χ3v) is 5.17. The van der Waals surface area contributed by atoms with E-state index in [-0.39, 0.29) is 0 Å². The second-order valence-corrected chi connectivity index (χ2v) is 6.15. The minimum atomic E-state index is 0.805. The zero-order valence-corrected chi connectivity index (χ0v) is 10.2. The maximum atomic E-state index is 2.65. The van der Waals surface area contributed by atoms with E-state index in [0.717, 1.165) is 5.92 Å². The number of hydrogen-bond acceptors (Lipinski definition) is 1. The quantitative estimate of drug-likeness (QED) is 0.603. The second-order valence-electron chi connectivity index (χ2n) is 5.15. The molecule has 2 heteroatoms. The molecule has 1 aliphatic carbocycles. The average molecular weight is 230 g/mol.